The zero-order chi connectivity index (χ0) is 18.9. The van der Waals surface area contributed by atoms with Gasteiger partial charge in [0.1, 0.15) is 0 Å². The van der Waals surface area contributed by atoms with E-state index in [2.05, 4.69) is 18.3 Å². The van der Waals surface area contributed by atoms with Crippen molar-refractivity contribution in [1.82, 2.24) is 0 Å². The molecule has 1 aromatic carbocycles. The molecule has 0 radical (unpaired) electrons. The lowest BCUT2D eigenvalue weighted by molar-refractivity contribution is -0.123. The number of hydrogen-bond donors (Lipinski definition) is 1. The molecule has 0 aromatic heterocycles. The van der Waals surface area contributed by atoms with Gasteiger partial charge in [0.2, 0.25) is 11.8 Å². The van der Waals surface area contributed by atoms with E-state index < -0.39 is 5.41 Å². The highest BCUT2D eigenvalue weighted by Gasteiger charge is 2.36. The Balaban J connectivity index is 2.57. The molecule has 0 aliphatic carbocycles. The van der Waals surface area contributed by atoms with Gasteiger partial charge in [-0.3, -0.25) is 9.59 Å². The molecule has 1 aromatic rings. The van der Waals surface area contributed by atoms with Crippen LogP contribution in [0.5, 0.6) is 0 Å². The Morgan fingerprint density at radius 1 is 1.28 bits per heavy atom. The second kappa shape index (κ2) is 7.16. The van der Waals surface area contributed by atoms with E-state index in [9.17, 15) is 9.59 Å². The second-order valence-electron chi connectivity index (χ2n) is 7.96. The smallest absolute Gasteiger partial charge is 0.229 e. The first kappa shape index (κ1) is 19.4. The maximum absolute atomic E-state index is 12.6. The van der Waals surface area contributed by atoms with Crippen molar-refractivity contribution in [3.05, 3.63) is 22.8 Å². The quantitative estimate of drug-likeness (QED) is 0.903. The first-order valence-corrected chi connectivity index (χ1v) is 8.80. The molecule has 0 fully saturated rings. The summed E-state index contributed by atoms with van der Waals surface area (Å²) in [5.41, 5.74) is 4.42. The average Bonchev–Trinajstić information content (AvgIpc) is 2.88. The predicted molar refractivity (Wildman–Crippen MR) is 101 cm³/mol. The van der Waals surface area contributed by atoms with Gasteiger partial charge in [0, 0.05) is 38.5 Å². The number of aryl methyl sites for hydroxylation is 2. The summed E-state index contributed by atoms with van der Waals surface area (Å²) in [6.45, 7) is 12.6. The van der Waals surface area contributed by atoms with Crippen molar-refractivity contribution in [3.8, 4) is 0 Å². The SMILES string of the molecule is COCCC1CN(C(C)=O)c2c(NC(=O)C(C)(C)C)c(C)cc(C)c21. The van der Waals surface area contributed by atoms with Crippen molar-refractivity contribution in [2.45, 2.75) is 53.9 Å². The van der Waals surface area contributed by atoms with Crippen molar-refractivity contribution in [2.75, 3.05) is 30.5 Å². The lowest BCUT2D eigenvalue weighted by Crippen LogP contribution is -2.31. The van der Waals surface area contributed by atoms with Gasteiger partial charge < -0.3 is 15.0 Å². The second-order valence-corrected chi connectivity index (χ2v) is 7.96. The Kier molecular flexibility index (Phi) is 5.57. The number of nitrogens with one attached hydrogen (secondary N) is 1. The summed E-state index contributed by atoms with van der Waals surface area (Å²) in [4.78, 5) is 26.6. The Morgan fingerprint density at radius 2 is 1.92 bits per heavy atom. The Bertz CT molecular complexity index is 689. The molecule has 25 heavy (non-hydrogen) atoms. The van der Waals surface area contributed by atoms with Crippen molar-refractivity contribution < 1.29 is 14.3 Å². The topological polar surface area (TPSA) is 58.6 Å². The van der Waals surface area contributed by atoms with Crippen LogP contribution in [0.2, 0.25) is 0 Å². The van der Waals surface area contributed by atoms with Crippen LogP contribution in [0.25, 0.3) is 0 Å². The van der Waals surface area contributed by atoms with Crippen LogP contribution >= 0.6 is 0 Å². The summed E-state index contributed by atoms with van der Waals surface area (Å²) < 4.78 is 5.24. The monoisotopic (exact) mass is 346 g/mol. The number of anilines is 2. The van der Waals surface area contributed by atoms with Gasteiger partial charge in [-0.1, -0.05) is 26.8 Å². The number of carbonyl (C=O) groups excluding carboxylic acids is 2. The van der Waals surface area contributed by atoms with Crippen LogP contribution in [0, 0.1) is 19.3 Å². The van der Waals surface area contributed by atoms with Crippen LogP contribution in [0.15, 0.2) is 6.07 Å². The third kappa shape index (κ3) is 3.87. The van der Waals surface area contributed by atoms with Crippen molar-refractivity contribution in [3.63, 3.8) is 0 Å². The molecular weight excluding hydrogens is 316 g/mol. The molecule has 0 saturated carbocycles. The number of nitrogens with zero attached hydrogens (tertiary/aromatic N) is 1. The van der Waals surface area contributed by atoms with E-state index in [1.807, 2.05) is 27.7 Å². The molecule has 0 spiro atoms. The zero-order valence-corrected chi connectivity index (χ0v) is 16.4. The molecule has 0 saturated heterocycles. The first-order valence-electron chi connectivity index (χ1n) is 8.80. The van der Waals surface area contributed by atoms with E-state index in [4.69, 9.17) is 4.74 Å². The largest absolute Gasteiger partial charge is 0.385 e. The normalized spacial score (nSPS) is 16.8. The van der Waals surface area contributed by atoms with Crippen LogP contribution in [0.1, 0.15) is 56.7 Å². The third-order valence-corrected chi connectivity index (χ3v) is 4.80. The number of hydrogen-bond acceptors (Lipinski definition) is 3. The maximum Gasteiger partial charge on any atom is 0.229 e. The van der Waals surface area contributed by atoms with Crippen LogP contribution in [0.4, 0.5) is 11.4 Å². The van der Waals surface area contributed by atoms with Crippen LogP contribution in [-0.4, -0.2) is 32.1 Å². The lowest BCUT2D eigenvalue weighted by atomic mass is 9.91. The molecule has 1 aliphatic heterocycles. The number of benzene rings is 1. The Labute approximate surface area is 150 Å². The Morgan fingerprint density at radius 3 is 2.44 bits per heavy atom. The van der Waals surface area contributed by atoms with Crippen molar-refractivity contribution >= 4 is 23.2 Å². The number of ether oxygens (including phenoxy) is 1. The van der Waals surface area contributed by atoms with E-state index >= 15 is 0 Å². The van der Waals surface area contributed by atoms with Gasteiger partial charge in [0.05, 0.1) is 11.4 Å². The van der Waals surface area contributed by atoms with E-state index in [0.717, 1.165) is 34.5 Å². The first-order chi connectivity index (χ1) is 11.6. The number of fused-ring (bicyclic) bond motifs is 1. The summed E-state index contributed by atoms with van der Waals surface area (Å²) in [5, 5.41) is 3.08. The van der Waals surface area contributed by atoms with Crippen LogP contribution < -0.4 is 10.2 Å². The minimum atomic E-state index is -0.501. The predicted octanol–water partition coefficient (Wildman–Crippen LogP) is 3.77. The summed E-state index contributed by atoms with van der Waals surface area (Å²) in [5.74, 6) is 0.174. The molecule has 5 nitrogen and oxygen atoms in total. The van der Waals surface area contributed by atoms with Crippen molar-refractivity contribution in [2.24, 2.45) is 5.41 Å². The highest BCUT2D eigenvalue weighted by Crippen LogP contribution is 2.46. The molecule has 1 aliphatic rings. The van der Waals surface area contributed by atoms with Gasteiger partial charge in [-0.15, -0.1) is 0 Å². The standard InChI is InChI=1S/C20H30N2O3/c1-12-10-13(2)17(21-19(24)20(4,5)6)18-16(12)15(8-9-25-7)11-22(18)14(3)23/h10,15H,8-9,11H2,1-7H3,(H,21,24). The van der Waals surface area contributed by atoms with Gasteiger partial charge in [-0.25, -0.2) is 0 Å². The lowest BCUT2D eigenvalue weighted by Gasteiger charge is -2.24. The summed E-state index contributed by atoms with van der Waals surface area (Å²) in [6, 6.07) is 2.10. The molecule has 1 N–H and O–H groups in total. The van der Waals surface area contributed by atoms with E-state index in [1.165, 1.54) is 0 Å². The summed E-state index contributed by atoms with van der Waals surface area (Å²) in [6.07, 6.45) is 0.851. The van der Waals surface area contributed by atoms with E-state index in [1.54, 1.807) is 18.9 Å². The molecule has 138 valence electrons. The molecule has 2 amide bonds. The van der Waals surface area contributed by atoms with Crippen molar-refractivity contribution in [1.29, 1.82) is 0 Å². The van der Waals surface area contributed by atoms with E-state index in [0.29, 0.717) is 13.2 Å². The number of rotatable bonds is 4. The summed E-state index contributed by atoms with van der Waals surface area (Å²) in [7, 11) is 1.69. The minimum absolute atomic E-state index is 0.00238. The number of amides is 2. The Hall–Kier alpha value is -1.88. The molecule has 5 heteroatoms. The zero-order valence-electron chi connectivity index (χ0n) is 16.4. The van der Waals surface area contributed by atoms with Gasteiger partial charge in [-0.2, -0.15) is 0 Å². The fourth-order valence-electron chi connectivity index (χ4n) is 3.42. The highest BCUT2D eigenvalue weighted by molar-refractivity contribution is 6.05. The molecule has 1 heterocycles. The van der Waals surface area contributed by atoms with Gasteiger partial charge in [0.25, 0.3) is 0 Å². The maximum atomic E-state index is 12.6. The number of methoxy groups -OCH3 is 1. The van der Waals surface area contributed by atoms with Gasteiger partial charge in [-0.05, 0) is 37.0 Å². The average molecular weight is 346 g/mol. The number of carbonyl (C=O) groups is 2. The van der Waals surface area contributed by atoms with Crippen LogP contribution in [0.3, 0.4) is 0 Å². The van der Waals surface area contributed by atoms with Gasteiger partial charge in [0.15, 0.2) is 0 Å². The fourth-order valence-corrected chi connectivity index (χ4v) is 3.42. The highest BCUT2D eigenvalue weighted by atomic mass is 16.5. The van der Waals surface area contributed by atoms with Gasteiger partial charge >= 0.3 is 0 Å². The molecule has 1 atom stereocenters. The third-order valence-electron chi connectivity index (χ3n) is 4.80. The molecular formula is C20H30N2O3. The van der Waals surface area contributed by atoms with Crippen LogP contribution in [-0.2, 0) is 14.3 Å². The minimum Gasteiger partial charge on any atom is -0.385 e. The summed E-state index contributed by atoms with van der Waals surface area (Å²) >= 11 is 0. The fraction of sp³-hybridized carbons (Fsp3) is 0.600. The molecule has 2 rings (SSSR count). The molecule has 1 unspecified atom stereocenters. The molecule has 0 bridgehead atoms. The van der Waals surface area contributed by atoms with E-state index in [-0.39, 0.29) is 17.7 Å².